The van der Waals surface area contributed by atoms with Crippen molar-refractivity contribution in [2.75, 3.05) is 0 Å². The van der Waals surface area contributed by atoms with Crippen LogP contribution in [0.25, 0.3) is 0 Å². The van der Waals surface area contributed by atoms with E-state index in [-0.39, 0.29) is 31.4 Å². The number of nitrogens with two attached hydrogens (primary N) is 1. The van der Waals surface area contributed by atoms with Crippen molar-refractivity contribution in [1.29, 1.82) is 0 Å². The monoisotopic (exact) mass is 514 g/mol. The lowest BCUT2D eigenvalue weighted by molar-refractivity contribution is -0.162. The topological polar surface area (TPSA) is 135 Å². The number of ketones is 1. The number of carbonyl (C=O) groups is 5. The molecule has 0 saturated carbocycles. The number of benzene rings is 1. The molecular weight excluding hydrogens is 472 g/mol. The standard InChI is InChI=1S/C29H42N2O6/c30-22-23-16-18-24(19-17-23)27(35)31-26(34)15-12-10-8-6-4-2-1-3-5-7-9-11-14-25(33)29(31,28(36)37)20-13-21-32/h16-19,21H,1-15,20,22,30H2,(H,36,37)/t29-/m1/s1. The van der Waals surface area contributed by atoms with Gasteiger partial charge in [0.05, 0.1) is 0 Å². The summed E-state index contributed by atoms with van der Waals surface area (Å²) in [5.41, 5.74) is 4.09. The zero-order valence-corrected chi connectivity index (χ0v) is 21.9. The van der Waals surface area contributed by atoms with Crippen LogP contribution < -0.4 is 5.73 Å². The minimum atomic E-state index is -2.42. The number of aliphatic carboxylic acids is 1. The van der Waals surface area contributed by atoms with Crippen LogP contribution in [-0.2, 0) is 25.7 Å². The van der Waals surface area contributed by atoms with Crippen LogP contribution in [0, 0.1) is 0 Å². The van der Waals surface area contributed by atoms with Crippen molar-refractivity contribution >= 4 is 29.9 Å². The van der Waals surface area contributed by atoms with Crippen molar-refractivity contribution in [2.24, 2.45) is 5.73 Å². The highest BCUT2D eigenvalue weighted by atomic mass is 16.4. The molecule has 0 radical (unpaired) electrons. The van der Waals surface area contributed by atoms with E-state index in [0.29, 0.717) is 24.0 Å². The van der Waals surface area contributed by atoms with E-state index in [9.17, 15) is 29.1 Å². The van der Waals surface area contributed by atoms with E-state index in [1.165, 1.54) is 25.0 Å². The molecule has 204 valence electrons. The summed E-state index contributed by atoms with van der Waals surface area (Å²) in [5, 5.41) is 10.4. The molecule has 1 heterocycles. The summed E-state index contributed by atoms with van der Waals surface area (Å²) < 4.78 is 0. The molecule has 0 bridgehead atoms. The van der Waals surface area contributed by atoms with Crippen molar-refractivity contribution < 1.29 is 29.1 Å². The third-order valence-electron chi connectivity index (χ3n) is 7.25. The van der Waals surface area contributed by atoms with Crippen molar-refractivity contribution in [3.63, 3.8) is 0 Å². The lowest BCUT2D eigenvalue weighted by Gasteiger charge is -2.38. The van der Waals surface area contributed by atoms with Crippen molar-refractivity contribution in [2.45, 2.75) is 115 Å². The van der Waals surface area contributed by atoms with Gasteiger partial charge in [0.2, 0.25) is 11.4 Å². The molecule has 8 heteroatoms. The molecule has 1 aliphatic heterocycles. The average Bonchev–Trinajstić information content (AvgIpc) is 2.90. The van der Waals surface area contributed by atoms with Crippen LogP contribution in [0.1, 0.15) is 119 Å². The Bertz CT molecular complexity index is 913. The minimum absolute atomic E-state index is 0.0456. The molecule has 0 unspecified atom stereocenters. The van der Waals surface area contributed by atoms with Crippen LogP contribution in [0.2, 0.25) is 0 Å². The fraction of sp³-hybridized carbons (Fsp3) is 0.621. The van der Waals surface area contributed by atoms with Gasteiger partial charge in [-0.15, -0.1) is 0 Å². The summed E-state index contributed by atoms with van der Waals surface area (Å²) >= 11 is 0. The number of hydrogen-bond donors (Lipinski definition) is 2. The smallest absolute Gasteiger partial charge is 0.337 e. The zero-order valence-electron chi connectivity index (χ0n) is 21.9. The summed E-state index contributed by atoms with van der Waals surface area (Å²) in [6, 6.07) is 6.24. The van der Waals surface area contributed by atoms with E-state index < -0.39 is 35.5 Å². The Labute approximate surface area is 220 Å². The fourth-order valence-electron chi connectivity index (χ4n) is 5.03. The third kappa shape index (κ3) is 8.59. The van der Waals surface area contributed by atoms with Gasteiger partial charge >= 0.3 is 5.97 Å². The Morgan fingerprint density at radius 3 is 1.78 bits per heavy atom. The minimum Gasteiger partial charge on any atom is -0.479 e. The van der Waals surface area contributed by atoms with E-state index in [0.717, 1.165) is 56.9 Å². The Kier molecular flexibility index (Phi) is 13.2. The van der Waals surface area contributed by atoms with Gasteiger partial charge in [0.15, 0.2) is 5.78 Å². The van der Waals surface area contributed by atoms with Crippen molar-refractivity contribution in [1.82, 2.24) is 4.90 Å². The van der Waals surface area contributed by atoms with E-state index in [4.69, 9.17) is 5.73 Å². The highest BCUT2D eigenvalue weighted by Gasteiger charge is 2.54. The maximum Gasteiger partial charge on any atom is 0.337 e. The molecule has 1 aromatic rings. The predicted molar refractivity (Wildman–Crippen MR) is 141 cm³/mol. The maximum atomic E-state index is 13.7. The molecule has 3 N–H and O–H groups in total. The first kappa shape index (κ1) is 30.4. The lowest BCUT2D eigenvalue weighted by atomic mass is 9.83. The average molecular weight is 515 g/mol. The third-order valence-corrected chi connectivity index (χ3v) is 7.25. The van der Waals surface area contributed by atoms with E-state index in [1.807, 2.05) is 0 Å². The lowest BCUT2D eigenvalue weighted by Crippen LogP contribution is -2.64. The van der Waals surface area contributed by atoms with E-state index in [1.54, 1.807) is 12.1 Å². The van der Waals surface area contributed by atoms with Crippen LogP contribution in [0.3, 0.4) is 0 Å². The molecule has 0 aliphatic carbocycles. The SMILES string of the molecule is NCc1ccc(C(=O)N2C(=O)CCCCCCCCCCCCCCC(=O)[C@]2(CCC=O)C(=O)O)cc1. The maximum absolute atomic E-state index is 13.7. The molecule has 1 fully saturated rings. The Balaban J connectivity index is 2.48. The number of carboxylic acids is 1. The van der Waals surface area contributed by atoms with Gasteiger partial charge in [-0.3, -0.25) is 19.3 Å². The molecule has 37 heavy (non-hydrogen) atoms. The summed E-state index contributed by atoms with van der Waals surface area (Å²) in [6.45, 7) is 0.258. The summed E-state index contributed by atoms with van der Waals surface area (Å²) in [5.74, 6) is -3.82. The van der Waals surface area contributed by atoms with Gasteiger partial charge in [-0.05, 0) is 37.0 Å². The van der Waals surface area contributed by atoms with Crippen molar-refractivity contribution in [3.05, 3.63) is 35.4 Å². The van der Waals surface area contributed by atoms with E-state index in [2.05, 4.69) is 0 Å². The number of imide groups is 1. The zero-order chi connectivity index (χ0) is 27.1. The molecule has 1 saturated heterocycles. The summed E-state index contributed by atoms with van der Waals surface area (Å²) in [7, 11) is 0. The second-order valence-corrected chi connectivity index (χ2v) is 9.97. The first-order valence-corrected chi connectivity index (χ1v) is 13.7. The molecule has 2 amide bonds. The normalized spacial score (nSPS) is 21.6. The highest BCUT2D eigenvalue weighted by molar-refractivity contribution is 6.17. The summed E-state index contributed by atoms with van der Waals surface area (Å²) in [6.07, 6.45) is 10.9. The number of amides is 2. The number of carbonyl (C=O) groups excluding carboxylic acids is 4. The number of rotatable bonds is 6. The molecule has 1 aliphatic rings. The van der Waals surface area contributed by atoms with Crippen LogP contribution in [-0.4, -0.2) is 45.4 Å². The fourth-order valence-corrected chi connectivity index (χ4v) is 5.03. The Hall–Kier alpha value is -2.87. The quantitative estimate of drug-likeness (QED) is 0.311. The van der Waals surface area contributed by atoms with Gasteiger partial charge in [0, 0.05) is 31.4 Å². The second-order valence-electron chi connectivity index (χ2n) is 9.97. The molecule has 2 rings (SSSR count). The molecule has 0 spiro atoms. The second kappa shape index (κ2) is 16.1. The molecular formula is C29H42N2O6. The Morgan fingerprint density at radius 2 is 1.32 bits per heavy atom. The number of Topliss-reactive ketones (excluding diaryl/α,β-unsaturated/α-hetero) is 1. The molecule has 1 aromatic carbocycles. The van der Waals surface area contributed by atoms with Gasteiger partial charge in [-0.2, -0.15) is 0 Å². The van der Waals surface area contributed by atoms with Gasteiger partial charge in [-0.25, -0.2) is 4.79 Å². The van der Waals surface area contributed by atoms with Crippen LogP contribution in [0.15, 0.2) is 24.3 Å². The first-order valence-electron chi connectivity index (χ1n) is 13.7. The molecule has 8 nitrogen and oxygen atoms in total. The first-order chi connectivity index (χ1) is 17.9. The molecule has 0 aromatic heterocycles. The number of hydrogen-bond acceptors (Lipinski definition) is 6. The summed E-state index contributed by atoms with van der Waals surface area (Å²) in [4.78, 5) is 65.7. The van der Waals surface area contributed by atoms with Crippen LogP contribution in [0.5, 0.6) is 0 Å². The van der Waals surface area contributed by atoms with E-state index >= 15 is 0 Å². The Morgan fingerprint density at radius 1 is 0.838 bits per heavy atom. The number of nitrogens with zero attached hydrogens (tertiary/aromatic N) is 1. The number of carboxylic acid groups (broad SMARTS) is 1. The molecule has 1 atom stereocenters. The van der Waals surface area contributed by atoms with Gasteiger partial charge in [-0.1, -0.05) is 76.3 Å². The van der Waals surface area contributed by atoms with Crippen LogP contribution in [0.4, 0.5) is 0 Å². The largest absolute Gasteiger partial charge is 0.479 e. The van der Waals surface area contributed by atoms with Gasteiger partial charge in [0.25, 0.3) is 5.91 Å². The number of aldehydes is 1. The van der Waals surface area contributed by atoms with Crippen LogP contribution >= 0.6 is 0 Å². The van der Waals surface area contributed by atoms with Gasteiger partial charge < -0.3 is 15.6 Å². The highest BCUT2D eigenvalue weighted by Crippen LogP contribution is 2.30. The van der Waals surface area contributed by atoms with Crippen molar-refractivity contribution in [3.8, 4) is 0 Å². The van der Waals surface area contributed by atoms with Gasteiger partial charge in [0.1, 0.15) is 6.29 Å². The predicted octanol–water partition coefficient (Wildman–Crippen LogP) is 4.96.